The fraction of sp³-hybridized carbons (Fsp3) is 0.727. The zero-order valence-corrected chi connectivity index (χ0v) is 27.5. The van der Waals surface area contributed by atoms with Crippen LogP contribution in [0.2, 0.25) is 0 Å². The van der Waals surface area contributed by atoms with Crippen molar-refractivity contribution in [3.05, 3.63) is 36.0 Å². The standard InChI is InChI=1S/C33H53N3O9/c1-23(22-43-32(41)36-15-7-10-26(36)21-37)8-6-9-24(2)30-25(3)11-12-28(44-31(40)35-18-16-34(5)17-19-35)33(4,42)14-13-27(38)20-29(39)45-30/h6,8-9,11-12,23,25-28,30,37-38,42H,7,10,13-22H2,1-5H3/b8-6+,12-11+,24-9+/t23-,25+,26-,27+,28+,30-,33+/m1/s1. The zero-order chi connectivity index (χ0) is 33.1. The molecule has 45 heavy (non-hydrogen) atoms. The number of amides is 2. The lowest BCUT2D eigenvalue weighted by Gasteiger charge is -2.36. The molecule has 3 heterocycles. The first kappa shape index (κ1) is 36.5. The van der Waals surface area contributed by atoms with Gasteiger partial charge in [-0.05, 0) is 58.2 Å². The highest BCUT2D eigenvalue weighted by molar-refractivity contribution is 5.70. The maximum Gasteiger partial charge on any atom is 0.410 e. The van der Waals surface area contributed by atoms with Crippen LogP contribution in [0, 0.1) is 11.8 Å². The minimum atomic E-state index is -1.47. The summed E-state index contributed by atoms with van der Waals surface area (Å²) in [7, 11) is 1.99. The lowest BCUT2D eigenvalue weighted by atomic mass is 9.89. The van der Waals surface area contributed by atoms with Crippen LogP contribution < -0.4 is 0 Å². The van der Waals surface area contributed by atoms with E-state index in [9.17, 15) is 29.7 Å². The summed E-state index contributed by atoms with van der Waals surface area (Å²) in [6.45, 7) is 10.4. The third kappa shape index (κ3) is 11.1. The molecule has 254 valence electrons. The molecular formula is C33H53N3O9. The Morgan fingerprint density at radius 3 is 2.56 bits per heavy atom. The third-order valence-electron chi connectivity index (χ3n) is 8.85. The minimum Gasteiger partial charge on any atom is -0.457 e. The molecule has 0 spiro atoms. The van der Waals surface area contributed by atoms with Crippen molar-refractivity contribution >= 4 is 18.2 Å². The van der Waals surface area contributed by atoms with Gasteiger partial charge in [-0.3, -0.25) is 4.79 Å². The summed E-state index contributed by atoms with van der Waals surface area (Å²) in [5, 5.41) is 31.3. The molecule has 0 radical (unpaired) electrons. The van der Waals surface area contributed by atoms with E-state index in [1.165, 1.54) is 0 Å². The number of esters is 1. The van der Waals surface area contributed by atoms with Crippen LogP contribution in [-0.2, 0) is 19.0 Å². The summed E-state index contributed by atoms with van der Waals surface area (Å²) in [6.07, 6.45) is 6.98. The van der Waals surface area contributed by atoms with Crippen LogP contribution in [0.3, 0.4) is 0 Å². The number of hydrogen-bond acceptors (Lipinski definition) is 10. The van der Waals surface area contributed by atoms with Crippen molar-refractivity contribution in [1.82, 2.24) is 14.7 Å². The van der Waals surface area contributed by atoms with Crippen molar-refractivity contribution < 1.29 is 43.9 Å². The molecule has 7 atom stereocenters. The number of aliphatic hydroxyl groups excluding tert-OH is 2. The molecule has 2 fully saturated rings. The van der Waals surface area contributed by atoms with Gasteiger partial charge in [0.1, 0.15) is 11.7 Å². The predicted molar refractivity (Wildman–Crippen MR) is 168 cm³/mol. The van der Waals surface area contributed by atoms with E-state index < -0.39 is 42.1 Å². The van der Waals surface area contributed by atoms with Gasteiger partial charge in [0.15, 0.2) is 6.10 Å². The summed E-state index contributed by atoms with van der Waals surface area (Å²) in [5.74, 6) is -0.988. The number of aliphatic hydroxyl groups is 3. The van der Waals surface area contributed by atoms with Crippen molar-refractivity contribution in [2.24, 2.45) is 11.8 Å². The average Bonchev–Trinajstić information content (AvgIpc) is 3.48. The molecule has 3 aliphatic rings. The SMILES string of the molecule is C/C(=C\C=C\[C@@H](C)COC(=O)N1CCC[C@@H]1CO)[C@H]1OC(=O)C[C@@H](O)CC[C@](C)(O)[C@@H](OC(=O)N2CCN(C)CC2)/C=C/[C@@H]1C. The molecule has 12 heteroatoms. The Bertz CT molecular complexity index is 1080. The molecule has 0 aromatic rings. The largest absolute Gasteiger partial charge is 0.457 e. The van der Waals surface area contributed by atoms with Crippen molar-refractivity contribution in [2.75, 3.05) is 53.0 Å². The fourth-order valence-corrected chi connectivity index (χ4v) is 5.72. The molecule has 2 amide bonds. The molecule has 0 aromatic carbocycles. The Kier molecular flexibility index (Phi) is 13.9. The number of piperazine rings is 1. The van der Waals surface area contributed by atoms with Gasteiger partial charge >= 0.3 is 18.2 Å². The summed E-state index contributed by atoms with van der Waals surface area (Å²) in [4.78, 5) is 43.5. The van der Waals surface area contributed by atoms with Gasteiger partial charge in [-0.2, -0.15) is 0 Å². The van der Waals surface area contributed by atoms with E-state index in [4.69, 9.17) is 14.2 Å². The molecule has 2 saturated heterocycles. The number of likely N-dealkylation sites (tertiary alicyclic amines) is 1. The molecule has 0 aliphatic carbocycles. The van der Waals surface area contributed by atoms with E-state index >= 15 is 0 Å². The number of allylic oxidation sites excluding steroid dienone is 2. The van der Waals surface area contributed by atoms with Gasteiger partial charge in [0.2, 0.25) is 0 Å². The average molecular weight is 636 g/mol. The Morgan fingerprint density at radius 2 is 1.87 bits per heavy atom. The summed E-state index contributed by atoms with van der Waals surface area (Å²) in [6, 6.07) is -0.190. The van der Waals surface area contributed by atoms with E-state index in [0.717, 1.165) is 31.5 Å². The van der Waals surface area contributed by atoms with Gasteiger partial charge in [0, 0.05) is 44.6 Å². The Morgan fingerprint density at radius 1 is 1.16 bits per heavy atom. The van der Waals surface area contributed by atoms with E-state index in [2.05, 4.69) is 4.90 Å². The molecule has 3 rings (SSSR count). The highest BCUT2D eigenvalue weighted by Crippen LogP contribution is 2.27. The highest BCUT2D eigenvalue weighted by Gasteiger charge is 2.37. The van der Waals surface area contributed by atoms with Gasteiger partial charge in [-0.15, -0.1) is 0 Å². The first-order valence-corrected chi connectivity index (χ1v) is 16.1. The molecule has 0 bridgehead atoms. The molecule has 12 nitrogen and oxygen atoms in total. The maximum atomic E-state index is 13.0. The van der Waals surface area contributed by atoms with E-state index in [0.29, 0.717) is 19.6 Å². The fourth-order valence-electron chi connectivity index (χ4n) is 5.72. The van der Waals surface area contributed by atoms with Crippen LogP contribution >= 0.6 is 0 Å². The smallest absolute Gasteiger partial charge is 0.410 e. The molecule has 3 N–H and O–H groups in total. The van der Waals surface area contributed by atoms with Crippen LogP contribution in [0.1, 0.15) is 59.8 Å². The second-order valence-corrected chi connectivity index (χ2v) is 13.0. The van der Waals surface area contributed by atoms with E-state index in [1.807, 2.05) is 46.0 Å². The molecule has 0 unspecified atom stereocenters. The van der Waals surface area contributed by atoms with Crippen LogP contribution in [0.15, 0.2) is 36.0 Å². The molecule has 0 aromatic heterocycles. The number of likely N-dealkylation sites (N-methyl/N-ethyl adjacent to an activating group) is 1. The zero-order valence-electron chi connectivity index (χ0n) is 27.5. The Labute approximate surface area is 267 Å². The Hall–Kier alpha value is -2.93. The van der Waals surface area contributed by atoms with Gasteiger partial charge in [0.25, 0.3) is 0 Å². The molecule has 3 aliphatic heterocycles. The van der Waals surface area contributed by atoms with Crippen LogP contribution in [0.5, 0.6) is 0 Å². The van der Waals surface area contributed by atoms with E-state index in [-0.39, 0.29) is 50.4 Å². The Balaban J connectivity index is 1.70. The highest BCUT2D eigenvalue weighted by atomic mass is 16.6. The first-order chi connectivity index (χ1) is 21.3. The lowest BCUT2D eigenvalue weighted by Crippen LogP contribution is -2.50. The van der Waals surface area contributed by atoms with Gasteiger partial charge in [-0.25, -0.2) is 9.59 Å². The summed E-state index contributed by atoms with van der Waals surface area (Å²) in [5.41, 5.74) is -0.730. The van der Waals surface area contributed by atoms with Crippen molar-refractivity contribution in [3.63, 3.8) is 0 Å². The minimum absolute atomic E-state index is 0.0747. The number of carbonyl (C=O) groups excluding carboxylic acids is 3. The number of cyclic esters (lactones) is 1. The van der Waals surface area contributed by atoms with Crippen molar-refractivity contribution in [2.45, 2.75) is 89.8 Å². The van der Waals surface area contributed by atoms with Crippen LogP contribution in [-0.4, -0.2) is 131 Å². The van der Waals surface area contributed by atoms with Gasteiger partial charge in [-0.1, -0.05) is 38.2 Å². The number of carbonyl (C=O) groups is 3. The predicted octanol–water partition coefficient (Wildman–Crippen LogP) is 2.87. The second kappa shape index (κ2) is 17.1. The lowest BCUT2D eigenvalue weighted by molar-refractivity contribution is -0.151. The normalized spacial score (nSPS) is 32.4. The topological polar surface area (TPSA) is 149 Å². The van der Waals surface area contributed by atoms with Crippen molar-refractivity contribution in [1.29, 1.82) is 0 Å². The van der Waals surface area contributed by atoms with E-state index in [1.54, 1.807) is 28.9 Å². The first-order valence-electron chi connectivity index (χ1n) is 16.1. The third-order valence-corrected chi connectivity index (χ3v) is 8.85. The monoisotopic (exact) mass is 635 g/mol. The van der Waals surface area contributed by atoms with Crippen LogP contribution in [0.4, 0.5) is 9.59 Å². The number of nitrogens with zero attached hydrogens (tertiary/aromatic N) is 3. The molecular weight excluding hydrogens is 582 g/mol. The quantitative estimate of drug-likeness (QED) is 0.165. The van der Waals surface area contributed by atoms with Crippen LogP contribution in [0.25, 0.3) is 0 Å². The maximum absolute atomic E-state index is 13.0. The second-order valence-electron chi connectivity index (χ2n) is 13.0. The molecule has 0 saturated carbocycles. The summed E-state index contributed by atoms with van der Waals surface area (Å²) >= 11 is 0. The number of hydrogen-bond donors (Lipinski definition) is 3. The summed E-state index contributed by atoms with van der Waals surface area (Å²) < 4.78 is 17.1. The number of rotatable bonds is 7. The van der Waals surface area contributed by atoms with Gasteiger partial charge < -0.3 is 44.2 Å². The number of ether oxygens (including phenoxy) is 3. The van der Waals surface area contributed by atoms with Crippen molar-refractivity contribution in [3.8, 4) is 0 Å². The van der Waals surface area contributed by atoms with Gasteiger partial charge in [0.05, 0.1) is 31.8 Å².